The maximum atomic E-state index is 5.99. The molecular formula is C15H25N3. The molecule has 0 aliphatic carbocycles. The second-order valence-electron chi connectivity index (χ2n) is 5.39. The monoisotopic (exact) mass is 247 g/mol. The van der Waals surface area contributed by atoms with E-state index in [2.05, 4.69) is 48.2 Å². The molecule has 2 N–H and O–H groups in total. The van der Waals surface area contributed by atoms with E-state index in [4.69, 9.17) is 5.73 Å². The van der Waals surface area contributed by atoms with Gasteiger partial charge in [0.1, 0.15) is 0 Å². The van der Waals surface area contributed by atoms with E-state index in [0.29, 0.717) is 6.04 Å². The molecule has 2 rings (SSSR count). The van der Waals surface area contributed by atoms with Crippen molar-refractivity contribution in [3.05, 3.63) is 35.4 Å². The second kappa shape index (κ2) is 6.32. The predicted octanol–water partition coefficient (Wildman–Crippen LogP) is 1.50. The summed E-state index contributed by atoms with van der Waals surface area (Å²) in [5.74, 6) is 0. The molecule has 1 atom stereocenters. The second-order valence-corrected chi connectivity index (χ2v) is 5.39. The highest BCUT2D eigenvalue weighted by molar-refractivity contribution is 5.32. The first-order chi connectivity index (χ1) is 8.72. The van der Waals surface area contributed by atoms with Crippen LogP contribution < -0.4 is 5.73 Å². The van der Waals surface area contributed by atoms with Crippen molar-refractivity contribution in [2.24, 2.45) is 5.73 Å². The predicted molar refractivity (Wildman–Crippen MR) is 76.7 cm³/mol. The van der Waals surface area contributed by atoms with Gasteiger partial charge in [0.15, 0.2) is 0 Å². The van der Waals surface area contributed by atoms with Gasteiger partial charge in [-0.05, 0) is 44.6 Å². The summed E-state index contributed by atoms with van der Waals surface area (Å²) in [7, 11) is 4.26. The average Bonchev–Trinajstić information content (AvgIpc) is 2.38. The topological polar surface area (TPSA) is 32.5 Å². The number of nitrogens with two attached hydrogens (primary N) is 1. The lowest BCUT2D eigenvalue weighted by molar-refractivity contribution is 0.181. The zero-order chi connectivity index (χ0) is 13.0. The first-order valence-corrected chi connectivity index (χ1v) is 6.89. The van der Waals surface area contributed by atoms with Gasteiger partial charge in [-0.1, -0.05) is 24.3 Å². The molecule has 0 amide bonds. The molecular weight excluding hydrogens is 222 g/mol. The first kappa shape index (κ1) is 13.5. The smallest absolute Gasteiger partial charge is 0.0473 e. The Labute approximate surface area is 111 Å². The number of nitrogens with zero attached hydrogens (tertiary/aromatic N) is 2. The molecule has 3 nitrogen and oxygen atoms in total. The zero-order valence-corrected chi connectivity index (χ0v) is 11.6. The van der Waals surface area contributed by atoms with Gasteiger partial charge in [0.2, 0.25) is 0 Å². The SMILES string of the molecule is CN(C)CCCN1CCc2ccccc2C1CN. The van der Waals surface area contributed by atoms with E-state index >= 15 is 0 Å². The summed E-state index contributed by atoms with van der Waals surface area (Å²) < 4.78 is 0. The van der Waals surface area contributed by atoms with Crippen LogP contribution in [-0.2, 0) is 6.42 Å². The molecule has 0 saturated heterocycles. The molecule has 3 heteroatoms. The summed E-state index contributed by atoms with van der Waals surface area (Å²) in [5, 5.41) is 0. The molecule has 0 fully saturated rings. The maximum Gasteiger partial charge on any atom is 0.0473 e. The Morgan fingerprint density at radius 1 is 1.33 bits per heavy atom. The summed E-state index contributed by atoms with van der Waals surface area (Å²) in [5.41, 5.74) is 8.91. The molecule has 1 aliphatic rings. The van der Waals surface area contributed by atoms with Crippen molar-refractivity contribution in [2.45, 2.75) is 18.9 Å². The van der Waals surface area contributed by atoms with Crippen LogP contribution in [0.2, 0.25) is 0 Å². The Hall–Kier alpha value is -0.900. The van der Waals surface area contributed by atoms with Gasteiger partial charge in [-0.25, -0.2) is 0 Å². The van der Waals surface area contributed by atoms with Gasteiger partial charge < -0.3 is 10.6 Å². The quantitative estimate of drug-likeness (QED) is 0.856. The molecule has 1 heterocycles. The van der Waals surface area contributed by atoms with Gasteiger partial charge >= 0.3 is 0 Å². The van der Waals surface area contributed by atoms with Crippen molar-refractivity contribution < 1.29 is 0 Å². The molecule has 0 radical (unpaired) electrons. The summed E-state index contributed by atoms with van der Waals surface area (Å²) in [6, 6.07) is 9.16. The van der Waals surface area contributed by atoms with Gasteiger partial charge in [0.05, 0.1) is 0 Å². The summed E-state index contributed by atoms with van der Waals surface area (Å²) in [4.78, 5) is 4.79. The number of fused-ring (bicyclic) bond motifs is 1. The van der Waals surface area contributed by atoms with Crippen molar-refractivity contribution in [1.82, 2.24) is 9.80 Å². The van der Waals surface area contributed by atoms with E-state index in [9.17, 15) is 0 Å². The maximum absolute atomic E-state index is 5.99. The molecule has 1 aliphatic heterocycles. The van der Waals surface area contributed by atoms with Crippen LogP contribution in [0.15, 0.2) is 24.3 Å². The first-order valence-electron chi connectivity index (χ1n) is 6.89. The minimum atomic E-state index is 0.414. The molecule has 0 bridgehead atoms. The van der Waals surface area contributed by atoms with E-state index in [1.807, 2.05) is 0 Å². The summed E-state index contributed by atoms with van der Waals surface area (Å²) in [6.07, 6.45) is 2.38. The van der Waals surface area contributed by atoms with Crippen LogP contribution in [0.25, 0.3) is 0 Å². The van der Waals surface area contributed by atoms with Crippen LogP contribution in [0, 0.1) is 0 Å². The average molecular weight is 247 g/mol. The van der Waals surface area contributed by atoms with E-state index in [1.165, 1.54) is 17.5 Å². The van der Waals surface area contributed by atoms with E-state index in [0.717, 1.165) is 32.6 Å². The Bertz CT molecular complexity index is 376. The molecule has 0 saturated carbocycles. The molecule has 100 valence electrons. The molecule has 0 aromatic heterocycles. The fraction of sp³-hybridized carbons (Fsp3) is 0.600. The van der Waals surface area contributed by atoms with Gasteiger partial charge in [0.25, 0.3) is 0 Å². The van der Waals surface area contributed by atoms with Gasteiger partial charge in [-0.15, -0.1) is 0 Å². The van der Waals surface area contributed by atoms with Gasteiger partial charge in [-0.2, -0.15) is 0 Å². The van der Waals surface area contributed by atoms with E-state index in [-0.39, 0.29) is 0 Å². The minimum Gasteiger partial charge on any atom is -0.329 e. The molecule has 18 heavy (non-hydrogen) atoms. The van der Waals surface area contributed by atoms with E-state index < -0.39 is 0 Å². The van der Waals surface area contributed by atoms with Crippen molar-refractivity contribution >= 4 is 0 Å². The number of rotatable bonds is 5. The lowest BCUT2D eigenvalue weighted by atomic mass is 9.92. The normalized spacial score (nSPS) is 20.1. The largest absolute Gasteiger partial charge is 0.329 e. The third-order valence-corrected chi connectivity index (χ3v) is 3.80. The van der Waals surface area contributed by atoms with Crippen LogP contribution in [0.3, 0.4) is 0 Å². The lowest BCUT2D eigenvalue weighted by Gasteiger charge is -2.37. The fourth-order valence-corrected chi connectivity index (χ4v) is 2.84. The highest BCUT2D eigenvalue weighted by Gasteiger charge is 2.25. The highest BCUT2D eigenvalue weighted by atomic mass is 15.2. The Balaban J connectivity index is 2.01. The minimum absolute atomic E-state index is 0.414. The Morgan fingerprint density at radius 2 is 2.11 bits per heavy atom. The number of benzene rings is 1. The van der Waals surface area contributed by atoms with Crippen LogP contribution >= 0.6 is 0 Å². The molecule has 0 spiro atoms. The summed E-state index contributed by atoms with van der Waals surface area (Å²) in [6.45, 7) is 4.16. The summed E-state index contributed by atoms with van der Waals surface area (Å²) >= 11 is 0. The highest BCUT2D eigenvalue weighted by Crippen LogP contribution is 2.28. The Morgan fingerprint density at radius 3 is 2.83 bits per heavy atom. The molecule has 1 aromatic rings. The Kier molecular flexibility index (Phi) is 4.75. The van der Waals surface area contributed by atoms with Crippen molar-refractivity contribution in [2.75, 3.05) is 40.3 Å². The number of hydrogen-bond donors (Lipinski definition) is 1. The van der Waals surface area contributed by atoms with Crippen molar-refractivity contribution in [3.63, 3.8) is 0 Å². The molecule has 1 unspecified atom stereocenters. The van der Waals surface area contributed by atoms with Crippen LogP contribution in [0.5, 0.6) is 0 Å². The van der Waals surface area contributed by atoms with Crippen molar-refractivity contribution in [3.8, 4) is 0 Å². The van der Waals surface area contributed by atoms with Crippen molar-refractivity contribution in [1.29, 1.82) is 0 Å². The zero-order valence-electron chi connectivity index (χ0n) is 11.6. The van der Waals surface area contributed by atoms with Crippen LogP contribution in [0.1, 0.15) is 23.6 Å². The van der Waals surface area contributed by atoms with Crippen LogP contribution in [-0.4, -0.2) is 50.1 Å². The number of hydrogen-bond acceptors (Lipinski definition) is 3. The third kappa shape index (κ3) is 3.10. The van der Waals surface area contributed by atoms with E-state index in [1.54, 1.807) is 0 Å². The van der Waals surface area contributed by atoms with Gasteiger partial charge in [0, 0.05) is 25.7 Å². The lowest BCUT2D eigenvalue weighted by Crippen LogP contribution is -2.40. The fourth-order valence-electron chi connectivity index (χ4n) is 2.84. The molecule has 1 aromatic carbocycles. The van der Waals surface area contributed by atoms with Crippen LogP contribution in [0.4, 0.5) is 0 Å². The van der Waals surface area contributed by atoms with Gasteiger partial charge in [-0.3, -0.25) is 4.90 Å². The standard InChI is InChI=1S/C15H25N3/c1-17(2)9-5-10-18-11-8-13-6-3-4-7-14(13)15(18)12-16/h3-4,6-7,15H,5,8-12,16H2,1-2H3. The third-order valence-electron chi connectivity index (χ3n) is 3.80.